The van der Waals surface area contributed by atoms with Gasteiger partial charge in [0.2, 0.25) is 0 Å². The summed E-state index contributed by atoms with van der Waals surface area (Å²) in [4.78, 5) is 7.35. The minimum absolute atomic E-state index is 0.309. The van der Waals surface area contributed by atoms with Crippen LogP contribution in [0.15, 0.2) is 4.99 Å². The van der Waals surface area contributed by atoms with Gasteiger partial charge in [0.1, 0.15) is 0 Å². The molecule has 0 radical (unpaired) electrons. The number of aliphatic imine (C=N–C) groups is 1. The van der Waals surface area contributed by atoms with E-state index in [1.165, 1.54) is 43.0 Å². The Morgan fingerprint density at radius 2 is 1.95 bits per heavy atom. The first-order chi connectivity index (χ1) is 9.33. The van der Waals surface area contributed by atoms with Crippen molar-refractivity contribution in [1.29, 1.82) is 0 Å². The fourth-order valence-electron chi connectivity index (χ4n) is 3.28. The number of thioether (sulfide) groups is 1. The molecule has 1 atom stereocenters. The second kappa shape index (κ2) is 6.27. The first kappa shape index (κ1) is 16.2. The number of hydrogen-bond acceptors (Lipinski definition) is 3. The molecule has 0 aromatic heterocycles. The van der Waals surface area contributed by atoms with Gasteiger partial charge in [-0.25, -0.2) is 0 Å². The zero-order valence-electron chi connectivity index (χ0n) is 13.8. The first-order valence-electron chi connectivity index (χ1n) is 7.95. The van der Waals surface area contributed by atoms with E-state index in [4.69, 9.17) is 4.99 Å². The van der Waals surface area contributed by atoms with Crippen molar-refractivity contribution in [3.8, 4) is 0 Å². The van der Waals surface area contributed by atoms with Gasteiger partial charge in [-0.05, 0) is 38.8 Å². The van der Waals surface area contributed by atoms with E-state index in [0.717, 1.165) is 6.54 Å². The number of rotatable bonds is 3. The van der Waals surface area contributed by atoms with Crippen LogP contribution in [0.1, 0.15) is 52.9 Å². The van der Waals surface area contributed by atoms with Gasteiger partial charge in [-0.3, -0.25) is 4.99 Å². The monoisotopic (exact) mass is 297 g/mol. The van der Waals surface area contributed by atoms with E-state index in [-0.39, 0.29) is 0 Å². The van der Waals surface area contributed by atoms with Crippen LogP contribution >= 0.6 is 11.8 Å². The molecule has 0 spiro atoms. The minimum atomic E-state index is 0.309. The van der Waals surface area contributed by atoms with Crippen LogP contribution < -0.4 is 5.32 Å². The van der Waals surface area contributed by atoms with Gasteiger partial charge in [-0.2, -0.15) is 0 Å². The molecule has 2 aliphatic rings. The molecule has 2 fully saturated rings. The highest BCUT2D eigenvalue weighted by molar-refractivity contribution is 8.13. The smallest absolute Gasteiger partial charge is 0.156 e. The summed E-state index contributed by atoms with van der Waals surface area (Å²) in [5.74, 6) is 1.20. The van der Waals surface area contributed by atoms with Gasteiger partial charge in [-0.15, -0.1) is 0 Å². The standard InChI is InChI=1S/C16H31N3S/c1-15(2,3)13-8-11-20-14(18-13)17-12-16(19(4)5)9-6-7-10-16/h13H,6-12H2,1-5H3,(H,17,18). The number of nitrogens with zero attached hydrogens (tertiary/aromatic N) is 2. The average molecular weight is 298 g/mol. The molecular weight excluding hydrogens is 266 g/mol. The maximum absolute atomic E-state index is 4.95. The van der Waals surface area contributed by atoms with E-state index in [1.807, 2.05) is 11.8 Å². The highest BCUT2D eigenvalue weighted by Gasteiger charge is 2.36. The van der Waals surface area contributed by atoms with Gasteiger partial charge < -0.3 is 10.2 Å². The fourth-order valence-corrected chi connectivity index (χ4v) is 4.20. The molecule has 3 nitrogen and oxygen atoms in total. The molecule has 4 heteroatoms. The third kappa shape index (κ3) is 3.70. The summed E-state index contributed by atoms with van der Waals surface area (Å²) in [6.07, 6.45) is 6.54. The van der Waals surface area contributed by atoms with Gasteiger partial charge in [-0.1, -0.05) is 45.4 Å². The SMILES string of the molecule is CN(C)C1(CN=C2NC(C(C)(C)C)CCS2)CCCC1. The van der Waals surface area contributed by atoms with E-state index >= 15 is 0 Å². The fraction of sp³-hybridized carbons (Fsp3) is 0.938. The van der Waals surface area contributed by atoms with Crippen LogP contribution in [0.4, 0.5) is 0 Å². The predicted molar refractivity (Wildman–Crippen MR) is 90.6 cm³/mol. The van der Waals surface area contributed by atoms with Crippen molar-refractivity contribution in [2.45, 2.75) is 64.5 Å². The molecule has 20 heavy (non-hydrogen) atoms. The van der Waals surface area contributed by atoms with Crippen molar-refractivity contribution >= 4 is 16.9 Å². The second-order valence-corrected chi connectivity index (χ2v) is 8.73. The topological polar surface area (TPSA) is 27.6 Å². The Bertz CT molecular complexity index is 351. The van der Waals surface area contributed by atoms with Crippen LogP contribution in [0.2, 0.25) is 0 Å². The number of likely N-dealkylation sites (N-methyl/N-ethyl adjacent to an activating group) is 1. The summed E-state index contributed by atoms with van der Waals surface area (Å²) >= 11 is 1.90. The molecular formula is C16H31N3S. The van der Waals surface area contributed by atoms with Crippen LogP contribution in [0.5, 0.6) is 0 Å². The molecule has 1 N–H and O–H groups in total. The summed E-state index contributed by atoms with van der Waals surface area (Å²) in [6, 6.07) is 0.557. The lowest BCUT2D eigenvalue weighted by atomic mass is 9.85. The van der Waals surface area contributed by atoms with Crippen molar-refractivity contribution in [1.82, 2.24) is 10.2 Å². The van der Waals surface area contributed by atoms with Gasteiger partial charge in [0.15, 0.2) is 5.17 Å². The van der Waals surface area contributed by atoms with Gasteiger partial charge in [0.25, 0.3) is 0 Å². The maximum Gasteiger partial charge on any atom is 0.156 e. The van der Waals surface area contributed by atoms with E-state index in [2.05, 4.69) is 45.1 Å². The molecule has 116 valence electrons. The van der Waals surface area contributed by atoms with Crippen LogP contribution in [0.25, 0.3) is 0 Å². The van der Waals surface area contributed by atoms with Crippen molar-refractivity contribution < 1.29 is 0 Å². The molecule has 2 rings (SSSR count). The second-order valence-electron chi connectivity index (χ2n) is 7.65. The Balaban J connectivity index is 2.00. The highest BCUT2D eigenvalue weighted by Crippen LogP contribution is 2.34. The third-order valence-corrected chi connectivity index (χ3v) is 5.95. The Morgan fingerprint density at radius 1 is 1.30 bits per heavy atom. The molecule has 1 saturated heterocycles. The van der Waals surface area contributed by atoms with E-state index in [9.17, 15) is 0 Å². The largest absolute Gasteiger partial charge is 0.362 e. The van der Waals surface area contributed by atoms with Gasteiger partial charge in [0, 0.05) is 17.3 Å². The van der Waals surface area contributed by atoms with Crippen molar-refractivity contribution in [3.05, 3.63) is 0 Å². The molecule has 0 aromatic rings. The Hall–Kier alpha value is -0.220. The zero-order valence-corrected chi connectivity index (χ0v) is 14.6. The summed E-state index contributed by atoms with van der Waals surface area (Å²) in [7, 11) is 4.43. The maximum atomic E-state index is 4.95. The molecule has 1 heterocycles. The Labute approximate surface area is 129 Å². The lowest BCUT2D eigenvalue weighted by Crippen LogP contribution is -2.48. The van der Waals surface area contributed by atoms with Crippen LogP contribution in [0.3, 0.4) is 0 Å². The van der Waals surface area contributed by atoms with E-state index in [0.29, 0.717) is 17.0 Å². The number of amidine groups is 1. The van der Waals surface area contributed by atoms with Gasteiger partial charge in [0.05, 0.1) is 6.54 Å². The minimum Gasteiger partial charge on any atom is -0.362 e. The van der Waals surface area contributed by atoms with Crippen molar-refractivity contribution in [2.24, 2.45) is 10.4 Å². The summed E-state index contributed by atoms with van der Waals surface area (Å²) < 4.78 is 0. The normalized spacial score (nSPS) is 28.9. The Morgan fingerprint density at radius 3 is 2.50 bits per heavy atom. The van der Waals surface area contributed by atoms with Crippen LogP contribution in [0, 0.1) is 5.41 Å². The molecule has 0 bridgehead atoms. The van der Waals surface area contributed by atoms with E-state index in [1.54, 1.807) is 0 Å². The number of hydrogen-bond donors (Lipinski definition) is 1. The predicted octanol–water partition coefficient (Wildman–Crippen LogP) is 3.36. The lowest BCUT2D eigenvalue weighted by molar-refractivity contribution is 0.167. The molecule has 0 aromatic carbocycles. The molecule has 1 unspecified atom stereocenters. The summed E-state index contributed by atoms with van der Waals surface area (Å²) in [5.41, 5.74) is 0.623. The lowest BCUT2D eigenvalue weighted by Gasteiger charge is -2.37. The van der Waals surface area contributed by atoms with Crippen molar-refractivity contribution in [2.75, 3.05) is 26.4 Å². The summed E-state index contributed by atoms with van der Waals surface area (Å²) in [6.45, 7) is 7.90. The first-order valence-corrected chi connectivity index (χ1v) is 8.93. The zero-order chi connectivity index (χ0) is 14.8. The van der Waals surface area contributed by atoms with Crippen molar-refractivity contribution in [3.63, 3.8) is 0 Å². The van der Waals surface area contributed by atoms with Crippen LogP contribution in [-0.2, 0) is 0 Å². The molecule has 1 saturated carbocycles. The van der Waals surface area contributed by atoms with E-state index < -0.39 is 0 Å². The average Bonchev–Trinajstić information content (AvgIpc) is 2.86. The quantitative estimate of drug-likeness (QED) is 0.865. The molecule has 1 aliphatic carbocycles. The van der Waals surface area contributed by atoms with Crippen LogP contribution in [-0.4, -0.2) is 48.0 Å². The molecule has 0 amide bonds. The molecule has 1 aliphatic heterocycles. The number of nitrogens with one attached hydrogen (secondary N) is 1. The highest BCUT2D eigenvalue weighted by atomic mass is 32.2. The Kier molecular flexibility index (Phi) is 5.06. The van der Waals surface area contributed by atoms with Gasteiger partial charge >= 0.3 is 0 Å². The summed E-state index contributed by atoms with van der Waals surface area (Å²) in [5, 5.41) is 4.84. The third-order valence-electron chi connectivity index (χ3n) is 4.99.